The third-order valence-electron chi connectivity index (χ3n) is 2.10. The number of nitrogens with two attached hydrogens (primary N) is 1. The van der Waals surface area contributed by atoms with E-state index >= 15 is 0 Å². The van der Waals surface area contributed by atoms with Gasteiger partial charge < -0.3 is 5.43 Å². The van der Waals surface area contributed by atoms with Crippen LogP contribution >= 0.6 is 24.0 Å². The Kier molecular flexibility index (Phi) is 3.74. The summed E-state index contributed by atoms with van der Waals surface area (Å²) < 4.78 is 0. The summed E-state index contributed by atoms with van der Waals surface area (Å²) in [5.74, 6) is 6.03. The average molecular weight is 244 g/mol. The molecular formula is C10H11Cl2N3. The lowest BCUT2D eigenvalue weighted by molar-refractivity contribution is 1.23. The first-order valence-electron chi connectivity index (χ1n) is 4.24. The highest BCUT2D eigenvalue weighted by Gasteiger charge is 2.01. The van der Waals surface area contributed by atoms with E-state index in [0.717, 1.165) is 16.5 Å². The van der Waals surface area contributed by atoms with Gasteiger partial charge in [-0.05, 0) is 36.8 Å². The lowest BCUT2D eigenvalue weighted by Crippen LogP contribution is -2.09. The zero-order chi connectivity index (χ0) is 10.1. The number of hydrogen-bond acceptors (Lipinski definition) is 3. The molecule has 0 unspecified atom stereocenters. The van der Waals surface area contributed by atoms with Gasteiger partial charge in [0, 0.05) is 10.4 Å². The summed E-state index contributed by atoms with van der Waals surface area (Å²) in [5, 5.41) is 1.74. The van der Waals surface area contributed by atoms with Crippen molar-refractivity contribution in [2.24, 2.45) is 5.84 Å². The van der Waals surface area contributed by atoms with Crippen molar-refractivity contribution in [3.05, 3.63) is 34.9 Å². The predicted molar refractivity (Wildman–Crippen MR) is 66.5 cm³/mol. The second kappa shape index (κ2) is 4.66. The Labute approximate surface area is 99.0 Å². The number of hydrazine groups is 1. The van der Waals surface area contributed by atoms with Gasteiger partial charge in [0.15, 0.2) is 0 Å². The molecule has 3 N–H and O–H groups in total. The van der Waals surface area contributed by atoms with E-state index in [1.54, 1.807) is 0 Å². The Morgan fingerprint density at radius 1 is 1.33 bits per heavy atom. The van der Waals surface area contributed by atoms with Crippen LogP contribution in [0.4, 0.5) is 5.82 Å². The number of nitrogen functional groups attached to an aromatic ring is 1. The Bertz CT molecular complexity index is 485. The Hall–Kier alpha value is -1.03. The zero-order valence-electron chi connectivity index (χ0n) is 8.12. The lowest BCUT2D eigenvalue weighted by atomic mass is 10.1. The molecule has 15 heavy (non-hydrogen) atoms. The fraction of sp³-hybridized carbons (Fsp3) is 0.100. The standard InChI is InChI=1S/C10H10ClN3.ClH/c1-6-4-7-5-8(11)2-3-9(7)13-10(6)14-12;/h2-5H,12H2,1H3,(H,13,14);1H. The summed E-state index contributed by atoms with van der Waals surface area (Å²) >= 11 is 5.88. The van der Waals surface area contributed by atoms with Gasteiger partial charge in [0.05, 0.1) is 5.52 Å². The van der Waals surface area contributed by atoms with E-state index in [1.807, 2.05) is 31.2 Å². The predicted octanol–water partition coefficient (Wildman–Crippen LogP) is 2.90. The Balaban J connectivity index is 0.00000112. The number of aryl methyl sites for hydroxylation is 1. The molecule has 0 radical (unpaired) electrons. The van der Waals surface area contributed by atoms with Crippen LogP contribution in [-0.4, -0.2) is 4.98 Å². The highest BCUT2D eigenvalue weighted by atomic mass is 35.5. The summed E-state index contributed by atoms with van der Waals surface area (Å²) in [5.41, 5.74) is 4.44. The lowest BCUT2D eigenvalue weighted by Gasteiger charge is -2.05. The highest BCUT2D eigenvalue weighted by molar-refractivity contribution is 6.31. The molecule has 5 heteroatoms. The van der Waals surface area contributed by atoms with Crippen LogP contribution in [0.2, 0.25) is 5.02 Å². The maximum absolute atomic E-state index is 5.88. The first-order valence-corrected chi connectivity index (χ1v) is 4.62. The number of nitrogens with zero attached hydrogens (tertiary/aromatic N) is 1. The first kappa shape index (κ1) is 12.0. The second-order valence-electron chi connectivity index (χ2n) is 3.14. The van der Waals surface area contributed by atoms with E-state index in [4.69, 9.17) is 17.4 Å². The molecule has 0 atom stereocenters. The monoisotopic (exact) mass is 243 g/mol. The smallest absolute Gasteiger partial charge is 0.143 e. The van der Waals surface area contributed by atoms with Crippen molar-refractivity contribution in [1.82, 2.24) is 4.98 Å². The van der Waals surface area contributed by atoms with Crippen molar-refractivity contribution in [2.75, 3.05) is 5.43 Å². The third kappa shape index (κ3) is 2.31. The molecule has 1 heterocycles. The summed E-state index contributed by atoms with van der Waals surface area (Å²) in [7, 11) is 0. The molecule has 0 spiro atoms. The SMILES string of the molecule is Cc1cc2cc(Cl)ccc2nc1NN.Cl. The quantitative estimate of drug-likeness (QED) is 0.599. The molecule has 3 nitrogen and oxygen atoms in total. The molecule has 0 saturated carbocycles. The van der Waals surface area contributed by atoms with Crippen LogP contribution in [0.3, 0.4) is 0 Å². The molecular weight excluding hydrogens is 233 g/mol. The second-order valence-corrected chi connectivity index (χ2v) is 3.57. The van der Waals surface area contributed by atoms with Crippen LogP contribution in [0.25, 0.3) is 10.9 Å². The van der Waals surface area contributed by atoms with E-state index in [2.05, 4.69) is 10.4 Å². The van der Waals surface area contributed by atoms with Gasteiger partial charge in [0.25, 0.3) is 0 Å². The summed E-state index contributed by atoms with van der Waals surface area (Å²) in [6.45, 7) is 1.95. The van der Waals surface area contributed by atoms with Crippen LogP contribution in [0, 0.1) is 6.92 Å². The van der Waals surface area contributed by atoms with E-state index in [9.17, 15) is 0 Å². The third-order valence-corrected chi connectivity index (χ3v) is 2.34. The van der Waals surface area contributed by atoms with E-state index < -0.39 is 0 Å². The number of anilines is 1. The fourth-order valence-corrected chi connectivity index (χ4v) is 1.58. The zero-order valence-corrected chi connectivity index (χ0v) is 9.69. The summed E-state index contributed by atoms with van der Waals surface area (Å²) in [6.07, 6.45) is 0. The van der Waals surface area contributed by atoms with Crippen LogP contribution in [0.15, 0.2) is 24.3 Å². The van der Waals surface area contributed by atoms with Crippen molar-refractivity contribution in [1.29, 1.82) is 0 Å². The number of rotatable bonds is 1. The normalized spacial score (nSPS) is 9.80. The van der Waals surface area contributed by atoms with Gasteiger partial charge in [0.2, 0.25) is 0 Å². The van der Waals surface area contributed by atoms with Gasteiger partial charge >= 0.3 is 0 Å². The number of benzene rings is 1. The minimum absolute atomic E-state index is 0. The van der Waals surface area contributed by atoms with Crippen molar-refractivity contribution in [2.45, 2.75) is 6.92 Å². The fourth-order valence-electron chi connectivity index (χ4n) is 1.40. The van der Waals surface area contributed by atoms with Gasteiger partial charge in [0.1, 0.15) is 5.82 Å². The maximum Gasteiger partial charge on any atom is 0.143 e. The van der Waals surface area contributed by atoms with Gasteiger partial charge in [-0.3, -0.25) is 0 Å². The molecule has 0 bridgehead atoms. The number of aromatic nitrogens is 1. The largest absolute Gasteiger partial charge is 0.308 e. The number of hydrogen-bond donors (Lipinski definition) is 2. The first-order chi connectivity index (χ1) is 6.70. The van der Waals surface area contributed by atoms with E-state index in [1.165, 1.54) is 0 Å². The summed E-state index contributed by atoms with van der Waals surface area (Å²) in [6, 6.07) is 7.57. The van der Waals surface area contributed by atoms with Gasteiger partial charge in [-0.15, -0.1) is 12.4 Å². The van der Waals surface area contributed by atoms with Crippen molar-refractivity contribution < 1.29 is 0 Å². The molecule has 0 amide bonds. The van der Waals surface area contributed by atoms with E-state index in [-0.39, 0.29) is 12.4 Å². The van der Waals surface area contributed by atoms with Gasteiger partial charge in [-0.25, -0.2) is 10.8 Å². The molecule has 0 aliphatic rings. The van der Waals surface area contributed by atoms with Crippen LogP contribution in [0.5, 0.6) is 0 Å². The average Bonchev–Trinajstić information content (AvgIpc) is 2.16. The topological polar surface area (TPSA) is 50.9 Å². The van der Waals surface area contributed by atoms with Gasteiger partial charge in [-0.1, -0.05) is 11.6 Å². The highest BCUT2D eigenvalue weighted by Crippen LogP contribution is 2.22. The number of halogens is 2. The number of pyridine rings is 1. The van der Waals surface area contributed by atoms with Crippen LogP contribution < -0.4 is 11.3 Å². The molecule has 1 aromatic carbocycles. The van der Waals surface area contributed by atoms with Crippen molar-refractivity contribution in [3.8, 4) is 0 Å². The van der Waals surface area contributed by atoms with Crippen LogP contribution in [0.1, 0.15) is 5.56 Å². The van der Waals surface area contributed by atoms with Crippen molar-refractivity contribution in [3.63, 3.8) is 0 Å². The Morgan fingerprint density at radius 2 is 2.07 bits per heavy atom. The summed E-state index contributed by atoms with van der Waals surface area (Å²) in [4.78, 5) is 4.34. The van der Waals surface area contributed by atoms with E-state index in [0.29, 0.717) is 10.8 Å². The maximum atomic E-state index is 5.88. The van der Waals surface area contributed by atoms with Crippen molar-refractivity contribution >= 4 is 40.7 Å². The Morgan fingerprint density at radius 3 is 2.73 bits per heavy atom. The number of nitrogens with one attached hydrogen (secondary N) is 1. The van der Waals surface area contributed by atoms with Gasteiger partial charge in [-0.2, -0.15) is 0 Å². The minimum atomic E-state index is 0. The van der Waals surface area contributed by atoms with Crippen LogP contribution in [-0.2, 0) is 0 Å². The molecule has 80 valence electrons. The molecule has 2 rings (SSSR count). The molecule has 2 aromatic rings. The molecule has 0 saturated heterocycles. The number of fused-ring (bicyclic) bond motifs is 1. The molecule has 0 aliphatic heterocycles. The molecule has 0 fully saturated rings. The molecule has 0 aliphatic carbocycles. The minimum Gasteiger partial charge on any atom is -0.308 e. The molecule has 1 aromatic heterocycles.